The number of allylic oxidation sites excluding steroid dienone is 3. The summed E-state index contributed by atoms with van der Waals surface area (Å²) in [4.78, 5) is 11.4. The zero-order chi connectivity index (χ0) is 14.3. The molecule has 0 amide bonds. The van der Waals surface area contributed by atoms with Crippen LogP contribution in [-0.4, -0.2) is 6.29 Å². The van der Waals surface area contributed by atoms with Crippen LogP contribution in [0.1, 0.15) is 24.5 Å². The lowest BCUT2D eigenvalue weighted by Gasteiger charge is -2.21. The number of thiophene rings is 1. The average Bonchev–Trinajstić information content (AvgIpc) is 3.01. The van der Waals surface area contributed by atoms with Crippen LogP contribution in [0.4, 0.5) is 0 Å². The Morgan fingerprint density at radius 3 is 2.60 bits per heavy atom. The molecule has 0 saturated heterocycles. The third kappa shape index (κ3) is 3.78. The van der Waals surface area contributed by atoms with Crippen LogP contribution in [0.25, 0.3) is 6.08 Å². The van der Waals surface area contributed by atoms with E-state index in [1.807, 2.05) is 55.5 Å². The summed E-state index contributed by atoms with van der Waals surface area (Å²) in [5.74, 6) is 0. The molecule has 1 nitrogen and oxygen atoms in total. The lowest BCUT2D eigenvalue weighted by molar-refractivity contribution is -0.112. The number of carbonyl (C=O) groups is 1. The van der Waals surface area contributed by atoms with Crippen molar-refractivity contribution < 1.29 is 4.79 Å². The Labute approximate surface area is 124 Å². The molecule has 0 fully saturated rings. The first-order chi connectivity index (χ1) is 9.74. The van der Waals surface area contributed by atoms with Crippen LogP contribution in [0, 0.1) is 0 Å². The topological polar surface area (TPSA) is 17.1 Å². The van der Waals surface area contributed by atoms with Crippen LogP contribution < -0.4 is 0 Å². The van der Waals surface area contributed by atoms with Crippen molar-refractivity contribution in [3.63, 3.8) is 0 Å². The zero-order valence-electron chi connectivity index (χ0n) is 11.5. The van der Waals surface area contributed by atoms with Gasteiger partial charge in [0.2, 0.25) is 0 Å². The Morgan fingerprint density at radius 1 is 1.15 bits per heavy atom. The summed E-state index contributed by atoms with van der Waals surface area (Å²) in [6.45, 7) is 1.97. The van der Waals surface area contributed by atoms with Crippen LogP contribution in [0.5, 0.6) is 0 Å². The fourth-order valence-corrected chi connectivity index (χ4v) is 2.61. The Hall–Kier alpha value is -1.93. The molecule has 0 radical (unpaired) electrons. The van der Waals surface area contributed by atoms with Crippen molar-refractivity contribution in [3.05, 3.63) is 76.5 Å². The number of hydrogen-bond acceptors (Lipinski definition) is 2. The summed E-state index contributed by atoms with van der Waals surface area (Å²) in [5.41, 5.74) is 1.82. The van der Waals surface area contributed by atoms with E-state index >= 15 is 0 Å². The van der Waals surface area contributed by atoms with Gasteiger partial charge in [-0.25, -0.2) is 0 Å². The minimum Gasteiger partial charge on any atom is -0.302 e. The zero-order valence-corrected chi connectivity index (χ0v) is 12.3. The van der Waals surface area contributed by atoms with Crippen molar-refractivity contribution >= 4 is 23.7 Å². The van der Waals surface area contributed by atoms with Gasteiger partial charge in [-0.2, -0.15) is 11.3 Å². The average molecular weight is 282 g/mol. The van der Waals surface area contributed by atoms with Crippen molar-refractivity contribution in [2.75, 3.05) is 0 Å². The van der Waals surface area contributed by atoms with Gasteiger partial charge in [-0.1, -0.05) is 54.6 Å². The Bertz CT molecular complexity index is 581. The fraction of sp³-hybridized carbons (Fsp3) is 0.167. The lowest BCUT2D eigenvalue weighted by Crippen LogP contribution is -2.22. The molecule has 0 unspecified atom stereocenters. The lowest BCUT2D eigenvalue weighted by atomic mass is 9.81. The van der Waals surface area contributed by atoms with Gasteiger partial charge in [0.05, 0.1) is 5.41 Å². The third-order valence-electron chi connectivity index (χ3n) is 3.31. The summed E-state index contributed by atoms with van der Waals surface area (Å²) in [6.07, 6.45) is 9.86. The van der Waals surface area contributed by atoms with E-state index in [9.17, 15) is 4.79 Å². The fourth-order valence-electron chi connectivity index (χ4n) is 1.98. The quantitative estimate of drug-likeness (QED) is 0.546. The van der Waals surface area contributed by atoms with E-state index in [1.54, 1.807) is 11.3 Å². The van der Waals surface area contributed by atoms with Gasteiger partial charge in [-0.15, -0.1) is 0 Å². The molecular weight excluding hydrogens is 264 g/mol. The van der Waals surface area contributed by atoms with Crippen LogP contribution in [0.2, 0.25) is 0 Å². The first-order valence-corrected chi connectivity index (χ1v) is 7.56. The molecule has 1 heterocycles. The van der Waals surface area contributed by atoms with E-state index < -0.39 is 5.41 Å². The van der Waals surface area contributed by atoms with Crippen molar-refractivity contribution in [2.24, 2.45) is 0 Å². The molecule has 1 atom stereocenters. The van der Waals surface area contributed by atoms with E-state index in [4.69, 9.17) is 0 Å². The second kappa shape index (κ2) is 7.01. The summed E-state index contributed by atoms with van der Waals surface area (Å²) in [5, 5.41) is 4.16. The predicted octanol–water partition coefficient (Wildman–Crippen LogP) is 4.86. The molecule has 1 aromatic carbocycles. The first kappa shape index (κ1) is 14.5. The number of hydrogen-bond donors (Lipinski definition) is 0. The molecule has 2 heteroatoms. The summed E-state index contributed by atoms with van der Waals surface area (Å²) >= 11 is 1.69. The third-order valence-corrected chi connectivity index (χ3v) is 4.02. The van der Waals surface area contributed by atoms with Gasteiger partial charge >= 0.3 is 0 Å². The van der Waals surface area contributed by atoms with Gasteiger partial charge in [0.25, 0.3) is 0 Å². The highest BCUT2D eigenvalue weighted by atomic mass is 32.1. The summed E-state index contributed by atoms with van der Waals surface area (Å²) in [7, 11) is 0. The molecule has 2 aromatic rings. The highest BCUT2D eigenvalue weighted by molar-refractivity contribution is 7.08. The van der Waals surface area contributed by atoms with Gasteiger partial charge < -0.3 is 4.79 Å². The Morgan fingerprint density at radius 2 is 1.95 bits per heavy atom. The maximum atomic E-state index is 11.4. The number of carbonyl (C=O) groups excluding carboxylic acids is 1. The van der Waals surface area contributed by atoms with E-state index in [0.29, 0.717) is 6.42 Å². The smallest absolute Gasteiger partial charge is 0.130 e. The first-order valence-electron chi connectivity index (χ1n) is 6.62. The minimum absolute atomic E-state index is 0.450. The molecule has 0 saturated carbocycles. The second-order valence-corrected chi connectivity index (χ2v) is 5.73. The molecule has 0 N–H and O–H groups in total. The van der Waals surface area contributed by atoms with Crippen LogP contribution in [0.15, 0.2) is 65.4 Å². The van der Waals surface area contributed by atoms with Crippen molar-refractivity contribution in [1.29, 1.82) is 0 Å². The molecule has 0 aliphatic carbocycles. The van der Waals surface area contributed by atoms with E-state index in [-0.39, 0.29) is 0 Å². The number of rotatable bonds is 6. The highest BCUT2D eigenvalue weighted by Gasteiger charge is 2.23. The molecule has 1 aromatic heterocycles. The van der Waals surface area contributed by atoms with Crippen LogP contribution in [-0.2, 0) is 10.2 Å². The summed E-state index contributed by atoms with van der Waals surface area (Å²) < 4.78 is 0. The number of aldehydes is 1. The normalized spacial score (nSPS) is 14.7. The van der Waals surface area contributed by atoms with Gasteiger partial charge in [0, 0.05) is 0 Å². The maximum absolute atomic E-state index is 11.4. The molecular formula is C18H18OS. The van der Waals surface area contributed by atoms with Gasteiger partial charge in [-0.3, -0.25) is 0 Å². The molecule has 102 valence electrons. The minimum atomic E-state index is -0.450. The molecule has 2 rings (SSSR count). The van der Waals surface area contributed by atoms with Crippen molar-refractivity contribution in [1.82, 2.24) is 0 Å². The van der Waals surface area contributed by atoms with Crippen molar-refractivity contribution in [2.45, 2.75) is 18.8 Å². The van der Waals surface area contributed by atoms with E-state index in [0.717, 1.165) is 11.8 Å². The highest BCUT2D eigenvalue weighted by Crippen LogP contribution is 2.25. The maximum Gasteiger partial charge on any atom is 0.130 e. The Balaban J connectivity index is 1.99. The number of benzene rings is 1. The van der Waals surface area contributed by atoms with Crippen molar-refractivity contribution in [3.8, 4) is 0 Å². The Kier molecular flexibility index (Phi) is 5.08. The van der Waals surface area contributed by atoms with Crippen LogP contribution >= 0.6 is 11.3 Å². The standard InChI is InChI=1S/C18H18OS/c1-18(15-19,17-9-5-2-6-10-17)12-7-3-4-8-16-11-13-20-14-16/h2-11,13-15H,12H2,1H3/b7-3+,8-4+/t18-/m0/s1. The SMILES string of the molecule is C[C@@](C=O)(C/C=C/C=C/c1ccsc1)c1ccccc1. The van der Waals surface area contributed by atoms with E-state index in [2.05, 4.69) is 22.9 Å². The summed E-state index contributed by atoms with van der Waals surface area (Å²) in [6, 6.07) is 12.0. The van der Waals surface area contributed by atoms with Crippen LogP contribution in [0.3, 0.4) is 0 Å². The van der Waals surface area contributed by atoms with Gasteiger partial charge in [-0.05, 0) is 41.3 Å². The second-order valence-electron chi connectivity index (χ2n) is 4.95. The monoisotopic (exact) mass is 282 g/mol. The van der Waals surface area contributed by atoms with Gasteiger partial charge in [0.15, 0.2) is 0 Å². The molecule has 0 spiro atoms. The molecule has 0 aliphatic heterocycles. The van der Waals surface area contributed by atoms with E-state index in [1.165, 1.54) is 5.56 Å². The van der Waals surface area contributed by atoms with Gasteiger partial charge in [0.1, 0.15) is 6.29 Å². The molecule has 0 aliphatic rings. The predicted molar refractivity (Wildman–Crippen MR) is 87.0 cm³/mol. The molecule has 20 heavy (non-hydrogen) atoms. The molecule has 0 bridgehead atoms. The largest absolute Gasteiger partial charge is 0.302 e.